The number of fused-ring (bicyclic) bond motifs is 1. The maximum Gasteiger partial charge on any atom is 0.324 e. The summed E-state index contributed by atoms with van der Waals surface area (Å²) in [7, 11) is 0. The summed E-state index contributed by atoms with van der Waals surface area (Å²) in [6, 6.07) is 26.0. The van der Waals surface area contributed by atoms with E-state index in [1.807, 2.05) is 78.7 Å². The molecule has 6 rings (SSSR count). The van der Waals surface area contributed by atoms with Crippen molar-refractivity contribution in [3.63, 3.8) is 0 Å². The van der Waals surface area contributed by atoms with Gasteiger partial charge in [-0.15, -0.1) is 0 Å². The number of H-pyrrole nitrogens is 1. The van der Waals surface area contributed by atoms with Crippen molar-refractivity contribution in [2.24, 2.45) is 5.92 Å². The molecule has 5 aromatic rings. The van der Waals surface area contributed by atoms with Crippen molar-refractivity contribution in [3.8, 4) is 5.69 Å². The summed E-state index contributed by atoms with van der Waals surface area (Å²) in [5.41, 5.74) is 6.98. The standard InChI is InChI=1S/C38H44N6O2/c1-26-13-16-30(17-14-26)44-35(24-34(42-44)38(2,3)4)41-37(46)40-32-11-7-5-9-28(32)23-27-19-21-43(22-20-27)36(45)18-15-29-25-39-33-12-8-6-10-31(29)33/h5-14,16-17,24-25,27,39H,15,18-23H2,1-4H3,(H2,40,41,46). The van der Waals surface area contributed by atoms with E-state index < -0.39 is 0 Å². The van der Waals surface area contributed by atoms with Gasteiger partial charge >= 0.3 is 6.03 Å². The fraction of sp³-hybridized carbons (Fsp3) is 0.342. The molecule has 0 bridgehead atoms. The summed E-state index contributed by atoms with van der Waals surface area (Å²) >= 11 is 0. The minimum atomic E-state index is -0.309. The van der Waals surface area contributed by atoms with Crippen LogP contribution >= 0.6 is 0 Å². The highest BCUT2D eigenvalue weighted by atomic mass is 16.2. The molecule has 46 heavy (non-hydrogen) atoms. The zero-order chi connectivity index (χ0) is 32.3. The number of nitrogens with one attached hydrogen (secondary N) is 3. The number of carbonyl (C=O) groups excluding carboxylic acids is 2. The molecular formula is C38H44N6O2. The van der Waals surface area contributed by atoms with E-state index in [0.717, 1.165) is 72.5 Å². The normalized spacial score (nSPS) is 14.0. The third kappa shape index (κ3) is 7.17. The lowest BCUT2D eigenvalue weighted by atomic mass is 9.89. The Hall–Kier alpha value is -4.85. The quantitative estimate of drug-likeness (QED) is 0.165. The van der Waals surface area contributed by atoms with Gasteiger partial charge in [0.05, 0.1) is 11.4 Å². The third-order valence-electron chi connectivity index (χ3n) is 9.02. The van der Waals surface area contributed by atoms with Gasteiger partial charge in [0.2, 0.25) is 5.91 Å². The number of nitrogens with zero attached hydrogens (tertiary/aromatic N) is 3. The Morgan fingerprint density at radius 2 is 1.63 bits per heavy atom. The first kappa shape index (κ1) is 31.1. The molecule has 0 atom stereocenters. The second-order valence-electron chi connectivity index (χ2n) is 13.5. The second-order valence-corrected chi connectivity index (χ2v) is 13.5. The van der Waals surface area contributed by atoms with Crippen LogP contribution in [0.25, 0.3) is 16.6 Å². The van der Waals surface area contributed by atoms with Crippen molar-refractivity contribution < 1.29 is 9.59 Å². The van der Waals surface area contributed by atoms with Crippen molar-refractivity contribution in [2.45, 2.75) is 65.2 Å². The average molecular weight is 617 g/mol. The van der Waals surface area contributed by atoms with Gasteiger partial charge in [0.25, 0.3) is 0 Å². The molecule has 3 amide bonds. The molecule has 0 radical (unpaired) electrons. The predicted molar refractivity (Wildman–Crippen MR) is 186 cm³/mol. The van der Waals surface area contributed by atoms with Gasteiger partial charge in [0.1, 0.15) is 5.82 Å². The monoisotopic (exact) mass is 616 g/mol. The van der Waals surface area contributed by atoms with Crippen LogP contribution in [0, 0.1) is 12.8 Å². The average Bonchev–Trinajstić information content (AvgIpc) is 3.66. The maximum atomic E-state index is 13.4. The summed E-state index contributed by atoms with van der Waals surface area (Å²) in [4.78, 5) is 31.7. The maximum absolute atomic E-state index is 13.4. The van der Waals surface area contributed by atoms with Crippen molar-refractivity contribution in [1.82, 2.24) is 19.7 Å². The number of urea groups is 1. The van der Waals surface area contributed by atoms with Gasteiger partial charge in [-0.05, 0) is 73.9 Å². The van der Waals surface area contributed by atoms with E-state index in [1.54, 1.807) is 4.68 Å². The Bertz CT molecular complexity index is 1820. The van der Waals surface area contributed by atoms with Crippen LogP contribution in [0.2, 0.25) is 0 Å². The van der Waals surface area contributed by atoms with Crippen LogP contribution in [0.1, 0.15) is 62.4 Å². The molecule has 0 aliphatic carbocycles. The number of para-hydroxylation sites is 2. The number of hydrogen-bond donors (Lipinski definition) is 3. The number of likely N-dealkylation sites (tertiary alicyclic amines) is 1. The molecule has 0 unspecified atom stereocenters. The topological polar surface area (TPSA) is 95.1 Å². The Balaban J connectivity index is 1.05. The Morgan fingerprint density at radius 3 is 2.39 bits per heavy atom. The lowest BCUT2D eigenvalue weighted by Gasteiger charge is -2.32. The molecule has 1 fully saturated rings. The molecule has 8 heteroatoms. The lowest BCUT2D eigenvalue weighted by molar-refractivity contribution is -0.132. The number of hydrogen-bond acceptors (Lipinski definition) is 3. The number of rotatable bonds is 8. The van der Waals surface area contributed by atoms with Crippen molar-refractivity contribution >= 4 is 34.3 Å². The Morgan fingerprint density at radius 1 is 0.913 bits per heavy atom. The molecule has 3 aromatic carbocycles. The number of piperidine rings is 1. The lowest BCUT2D eigenvalue weighted by Crippen LogP contribution is -2.39. The molecular weight excluding hydrogens is 572 g/mol. The number of aryl methyl sites for hydroxylation is 2. The number of aromatic amines is 1. The number of aromatic nitrogens is 3. The van der Waals surface area contributed by atoms with Gasteiger partial charge in [-0.1, -0.05) is 74.9 Å². The molecule has 2 aromatic heterocycles. The van der Waals surface area contributed by atoms with E-state index >= 15 is 0 Å². The highest BCUT2D eigenvalue weighted by Gasteiger charge is 2.25. The molecule has 0 spiro atoms. The smallest absolute Gasteiger partial charge is 0.324 e. The first-order valence-corrected chi connectivity index (χ1v) is 16.3. The highest BCUT2D eigenvalue weighted by Crippen LogP contribution is 2.29. The van der Waals surface area contributed by atoms with E-state index in [2.05, 4.69) is 54.6 Å². The van der Waals surface area contributed by atoms with Crippen LogP contribution in [-0.2, 0) is 23.1 Å². The second kappa shape index (κ2) is 13.3. The predicted octanol–water partition coefficient (Wildman–Crippen LogP) is 8.02. The zero-order valence-corrected chi connectivity index (χ0v) is 27.3. The minimum absolute atomic E-state index is 0.174. The summed E-state index contributed by atoms with van der Waals surface area (Å²) in [6.07, 6.45) is 6.04. The van der Waals surface area contributed by atoms with Gasteiger partial charge in [-0.2, -0.15) is 5.10 Å². The van der Waals surface area contributed by atoms with Crippen LogP contribution in [0.4, 0.5) is 16.3 Å². The minimum Gasteiger partial charge on any atom is -0.361 e. The van der Waals surface area contributed by atoms with Crippen molar-refractivity contribution in [3.05, 3.63) is 107 Å². The SMILES string of the molecule is Cc1ccc(-n2nc(C(C)(C)C)cc2NC(=O)Nc2ccccc2CC2CCN(C(=O)CCc3c[nH]c4ccccc34)CC2)cc1. The molecule has 238 valence electrons. The van der Waals surface area contributed by atoms with Crippen LogP contribution < -0.4 is 10.6 Å². The molecule has 3 heterocycles. The van der Waals surface area contributed by atoms with Gasteiger partial charge in [-0.3, -0.25) is 10.1 Å². The van der Waals surface area contributed by atoms with Gasteiger partial charge in [0, 0.05) is 53.8 Å². The van der Waals surface area contributed by atoms with E-state index in [-0.39, 0.29) is 17.4 Å². The number of carbonyl (C=O) groups is 2. The van der Waals surface area contributed by atoms with E-state index in [0.29, 0.717) is 18.2 Å². The van der Waals surface area contributed by atoms with Crippen molar-refractivity contribution in [1.29, 1.82) is 0 Å². The summed E-state index contributed by atoms with van der Waals surface area (Å²) < 4.78 is 1.79. The molecule has 1 aliphatic rings. The van der Waals surface area contributed by atoms with E-state index in [4.69, 9.17) is 5.10 Å². The van der Waals surface area contributed by atoms with Crippen LogP contribution in [0.5, 0.6) is 0 Å². The third-order valence-corrected chi connectivity index (χ3v) is 9.02. The first-order chi connectivity index (χ1) is 22.1. The Labute approximate surface area is 271 Å². The molecule has 1 aliphatic heterocycles. The highest BCUT2D eigenvalue weighted by molar-refractivity contribution is 6.00. The largest absolute Gasteiger partial charge is 0.361 e. The van der Waals surface area contributed by atoms with Gasteiger partial charge < -0.3 is 15.2 Å². The number of benzene rings is 3. The summed E-state index contributed by atoms with van der Waals surface area (Å²) in [5, 5.41) is 12.2. The fourth-order valence-electron chi connectivity index (χ4n) is 6.25. The first-order valence-electron chi connectivity index (χ1n) is 16.3. The van der Waals surface area contributed by atoms with Crippen LogP contribution in [0.3, 0.4) is 0 Å². The molecule has 8 nitrogen and oxygen atoms in total. The van der Waals surface area contributed by atoms with Gasteiger partial charge in [0.15, 0.2) is 0 Å². The summed E-state index contributed by atoms with van der Waals surface area (Å²) in [5.74, 6) is 1.29. The van der Waals surface area contributed by atoms with Crippen LogP contribution in [0.15, 0.2) is 85.1 Å². The van der Waals surface area contributed by atoms with Gasteiger partial charge in [-0.25, -0.2) is 9.48 Å². The molecule has 0 saturated carbocycles. The molecule has 1 saturated heterocycles. The Kier molecular flexibility index (Phi) is 8.97. The number of amides is 3. The van der Waals surface area contributed by atoms with Crippen molar-refractivity contribution in [2.75, 3.05) is 23.7 Å². The zero-order valence-electron chi connectivity index (χ0n) is 27.3. The fourth-order valence-corrected chi connectivity index (χ4v) is 6.25. The molecule has 3 N–H and O–H groups in total. The van der Waals surface area contributed by atoms with Crippen LogP contribution in [-0.4, -0.2) is 44.7 Å². The number of anilines is 2. The summed E-state index contributed by atoms with van der Waals surface area (Å²) in [6.45, 7) is 9.93. The van der Waals surface area contributed by atoms with E-state index in [1.165, 1.54) is 10.9 Å². The van der Waals surface area contributed by atoms with E-state index in [9.17, 15) is 9.59 Å².